The van der Waals surface area contributed by atoms with Gasteiger partial charge in [0.05, 0.1) is 22.6 Å². The van der Waals surface area contributed by atoms with Crippen LogP contribution in [0.5, 0.6) is 0 Å². The summed E-state index contributed by atoms with van der Waals surface area (Å²) < 4.78 is 0. The van der Waals surface area contributed by atoms with Gasteiger partial charge < -0.3 is 10.6 Å². The third kappa shape index (κ3) is 2.61. The number of carbonyl (C=O) groups is 1. The number of pyridine rings is 1. The van der Waals surface area contributed by atoms with Crippen LogP contribution in [0.25, 0.3) is 0 Å². The zero-order chi connectivity index (χ0) is 14.0. The number of hydrogen-bond donors (Lipinski definition) is 1. The highest BCUT2D eigenvalue weighted by molar-refractivity contribution is 7.80. The van der Waals surface area contributed by atoms with Crippen molar-refractivity contribution in [3.05, 3.63) is 30.1 Å². The molecule has 0 spiro atoms. The number of hydrogen-bond acceptors (Lipinski definition) is 3. The summed E-state index contributed by atoms with van der Waals surface area (Å²) in [5.41, 5.74) is 6.03. The minimum atomic E-state index is -0.627. The van der Waals surface area contributed by atoms with Crippen LogP contribution in [-0.2, 0) is 11.3 Å². The van der Waals surface area contributed by atoms with Gasteiger partial charge in [-0.2, -0.15) is 0 Å². The first kappa shape index (κ1) is 13.9. The maximum absolute atomic E-state index is 12.6. The molecule has 102 valence electrons. The normalized spacial score (nSPS) is 25.5. The van der Waals surface area contributed by atoms with Gasteiger partial charge in [-0.05, 0) is 30.9 Å². The summed E-state index contributed by atoms with van der Waals surface area (Å²) in [5, 5.41) is 0. The van der Waals surface area contributed by atoms with E-state index in [4.69, 9.17) is 18.0 Å². The first-order valence-corrected chi connectivity index (χ1v) is 6.82. The van der Waals surface area contributed by atoms with Crippen LogP contribution in [0.4, 0.5) is 0 Å². The molecular weight excluding hydrogens is 258 g/mol. The topological polar surface area (TPSA) is 59.2 Å². The van der Waals surface area contributed by atoms with Crippen molar-refractivity contribution in [2.45, 2.75) is 26.3 Å². The molecular formula is C14H19N3OS. The molecule has 5 heteroatoms. The number of nitrogens with zero attached hydrogens (tertiary/aromatic N) is 2. The predicted molar refractivity (Wildman–Crippen MR) is 78.3 cm³/mol. The molecule has 0 bridgehead atoms. The van der Waals surface area contributed by atoms with Crippen molar-refractivity contribution in [2.75, 3.05) is 7.05 Å². The van der Waals surface area contributed by atoms with Gasteiger partial charge in [0, 0.05) is 13.2 Å². The number of carbonyl (C=O) groups excluding carboxylic acids is 1. The summed E-state index contributed by atoms with van der Waals surface area (Å²) >= 11 is 5.11. The summed E-state index contributed by atoms with van der Waals surface area (Å²) in [6.07, 6.45) is 3.24. The lowest BCUT2D eigenvalue weighted by atomic mass is 9.61. The molecule has 1 fully saturated rings. The quantitative estimate of drug-likeness (QED) is 0.852. The van der Waals surface area contributed by atoms with Crippen LogP contribution in [0.1, 0.15) is 25.5 Å². The lowest BCUT2D eigenvalue weighted by Crippen LogP contribution is -2.56. The highest BCUT2D eigenvalue weighted by Gasteiger charge is 2.51. The van der Waals surface area contributed by atoms with Gasteiger partial charge >= 0.3 is 0 Å². The van der Waals surface area contributed by atoms with Gasteiger partial charge in [-0.15, -0.1) is 0 Å². The van der Waals surface area contributed by atoms with Crippen molar-refractivity contribution in [1.82, 2.24) is 9.88 Å². The van der Waals surface area contributed by atoms with Crippen molar-refractivity contribution in [2.24, 2.45) is 17.1 Å². The van der Waals surface area contributed by atoms with Crippen LogP contribution >= 0.6 is 12.2 Å². The van der Waals surface area contributed by atoms with E-state index in [9.17, 15) is 4.79 Å². The van der Waals surface area contributed by atoms with E-state index in [-0.39, 0.29) is 5.91 Å². The molecule has 0 aliphatic heterocycles. The summed E-state index contributed by atoms with van der Waals surface area (Å²) in [5.74, 6) is 0.525. The van der Waals surface area contributed by atoms with E-state index in [1.165, 1.54) is 0 Å². The van der Waals surface area contributed by atoms with Crippen molar-refractivity contribution >= 4 is 23.1 Å². The lowest BCUT2D eigenvalue weighted by Gasteiger charge is -2.45. The zero-order valence-corrected chi connectivity index (χ0v) is 12.1. The second-order valence-electron chi connectivity index (χ2n) is 5.44. The Morgan fingerprint density at radius 3 is 2.74 bits per heavy atom. The molecule has 0 aromatic carbocycles. The summed E-state index contributed by atoms with van der Waals surface area (Å²) in [4.78, 5) is 18.8. The van der Waals surface area contributed by atoms with Crippen LogP contribution in [0.3, 0.4) is 0 Å². The van der Waals surface area contributed by atoms with Crippen LogP contribution < -0.4 is 5.73 Å². The molecule has 2 N–H and O–H groups in total. The van der Waals surface area contributed by atoms with Crippen molar-refractivity contribution in [1.29, 1.82) is 0 Å². The first-order chi connectivity index (χ1) is 8.95. The Hall–Kier alpha value is -1.49. The van der Waals surface area contributed by atoms with Gasteiger partial charge in [0.25, 0.3) is 0 Å². The molecule has 1 heterocycles. The molecule has 0 saturated heterocycles. The molecule has 19 heavy (non-hydrogen) atoms. The third-order valence-electron chi connectivity index (χ3n) is 3.75. The Morgan fingerprint density at radius 1 is 1.58 bits per heavy atom. The van der Waals surface area contributed by atoms with Crippen molar-refractivity contribution in [3.8, 4) is 0 Å². The van der Waals surface area contributed by atoms with E-state index in [1.807, 2.05) is 18.2 Å². The number of aromatic nitrogens is 1. The number of thiocarbonyl (C=S) groups is 1. The lowest BCUT2D eigenvalue weighted by molar-refractivity contribution is -0.143. The molecule has 1 saturated carbocycles. The third-order valence-corrected chi connectivity index (χ3v) is 4.14. The molecule has 0 atom stereocenters. The molecule has 0 unspecified atom stereocenters. The first-order valence-electron chi connectivity index (χ1n) is 6.41. The van der Waals surface area contributed by atoms with Gasteiger partial charge in [-0.1, -0.05) is 25.2 Å². The Labute approximate surface area is 119 Å². The summed E-state index contributed by atoms with van der Waals surface area (Å²) in [6, 6.07) is 5.67. The van der Waals surface area contributed by atoms with Crippen LogP contribution in [0.2, 0.25) is 0 Å². The van der Waals surface area contributed by atoms with Gasteiger partial charge in [-0.3, -0.25) is 9.78 Å². The second-order valence-corrected chi connectivity index (χ2v) is 5.88. The Bertz CT molecular complexity index is 483. The Kier molecular flexibility index (Phi) is 3.85. The van der Waals surface area contributed by atoms with Gasteiger partial charge in [-0.25, -0.2) is 0 Å². The molecule has 1 aromatic rings. The predicted octanol–water partition coefficient (Wildman–Crippen LogP) is 1.74. The van der Waals surface area contributed by atoms with E-state index >= 15 is 0 Å². The van der Waals surface area contributed by atoms with Crippen LogP contribution in [0.15, 0.2) is 24.4 Å². The average Bonchev–Trinajstić information content (AvgIpc) is 2.34. The van der Waals surface area contributed by atoms with Gasteiger partial charge in [0.1, 0.15) is 0 Å². The van der Waals surface area contributed by atoms with Gasteiger partial charge in [0.2, 0.25) is 5.91 Å². The largest absolute Gasteiger partial charge is 0.392 e. The smallest absolute Gasteiger partial charge is 0.235 e. The minimum absolute atomic E-state index is 0.0174. The Morgan fingerprint density at radius 2 is 2.26 bits per heavy atom. The standard InChI is InChI=1S/C14H19N3OS/c1-10-7-14(8-10,12(15)19)13(18)17(2)9-11-5-3-4-6-16-11/h3-6,10H,7-9H2,1-2H3,(H2,15,19). The van der Waals surface area contributed by atoms with E-state index < -0.39 is 5.41 Å². The summed E-state index contributed by atoms with van der Waals surface area (Å²) in [6.45, 7) is 2.60. The molecule has 1 aliphatic carbocycles. The maximum atomic E-state index is 12.6. The molecule has 1 amide bonds. The van der Waals surface area contributed by atoms with Crippen LogP contribution in [0, 0.1) is 11.3 Å². The molecule has 1 aromatic heterocycles. The fourth-order valence-electron chi connectivity index (χ4n) is 2.78. The molecule has 4 nitrogen and oxygen atoms in total. The fourth-order valence-corrected chi connectivity index (χ4v) is 3.04. The fraction of sp³-hybridized carbons (Fsp3) is 0.500. The van der Waals surface area contributed by atoms with Crippen molar-refractivity contribution in [3.63, 3.8) is 0 Å². The van der Waals surface area contributed by atoms with E-state index in [0.717, 1.165) is 18.5 Å². The minimum Gasteiger partial charge on any atom is -0.392 e. The molecule has 2 rings (SSSR count). The SMILES string of the molecule is CC1CC(C(=O)N(C)Cc2ccccn2)(C(N)=S)C1. The van der Waals surface area contributed by atoms with Gasteiger partial charge in [0.15, 0.2) is 0 Å². The number of amides is 1. The molecule has 1 aliphatic rings. The van der Waals surface area contributed by atoms with E-state index in [2.05, 4.69) is 11.9 Å². The van der Waals surface area contributed by atoms with Crippen LogP contribution in [-0.4, -0.2) is 27.8 Å². The van der Waals surface area contributed by atoms with E-state index in [1.54, 1.807) is 18.1 Å². The Balaban J connectivity index is 2.08. The van der Waals surface area contributed by atoms with E-state index in [0.29, 0.717) is 17.5 Å². The highest BCUT2D eigenvalue weighted by Crippen LogP contribution is 2.47. The number of nitrogens with two attached hydrogens (primary N) is 1. The van der Waals surface area contributed by atoms with Crippen molar-refractivity contribution < 1.29 is 4.79 Å². The maximum Gasteiger partial charge on any atom is 0.235 e. The summed E-state index contributed by atoms with van der Waals surface area (Å²) in [7, 11) is 1.78. The molecule has 0 radical (unpaired) electrons. The highest BCUT2D eigenvalue weighted by atomic mass is 32.1. The number of rotatable bonds is 4. The zero-order valence-electron chi connectivity index (χ0n) is 11.3. The monoisotopic (exact) mass is 277 g/mol. The second kappa shape index (κ2) is 5.25. The average molecular weight is 277 g/mol.